The average molecular weight is 627 g/mol. The molecule has 31 heavy (non-hydrogen) atoms. The fraction of sp³-hybridized carbons (Fsp3) is 0.0435. The average Bonchev–Trinajstić information content (AvgIpc) is 3.02. The fourth-order valence-corrected chi connectivity index (χ4v) is 4.62. The highest BCUT2D eigenvalue weighted by Crippen LogP contribution is 2.37. The van der Waals surface area contributed by atoms with Crippen LogP contribution in [0.15, 0.2) is 76.1 Å². The van der Waals surface area contributed by atoms with E-state index >= 15 is 0 Å². The van der Waals surface area contributed by atoms with E-state index in [-0.39, 0.29) is 11.1 Å². The van der Waals surface area contributed by atoms with Gasteiger partial charge in [-0.3, -0.25) is 9.59 Å². The first kappa shape index (κ1) is 22.4. The van der Waals surface area contributed by atoms with Gasteiger partial charge in [-0.05, 0) is 101 Å². The molecule has 0 atom stereocenters. The Balaban J connectivity index is 1.59. The van der Waals surface area contributed by atoms with Crippen LogP contribution >= 0.6 is 61.9 Å². The van der Waals surface area contributed by atoms with Gasteiger partial charge in [-0.15, -0.1) is 0 Å². The summed E-state index contributed by atoms with van der Waals surface area (Å²) in [5, 5.41) is 0.185. The number of anilines is 1. The van der Waals surface area contributed by atoms with Crippen LogP contribution in [0.3, 0.4) is 0 Å². The van der Waals surface area contributed by atoms with Gasteiger partial charge in [-0.25, -0.2) is 4.90 Å². The van der Waals surface area contributed by atoms with E-state index < -0.39 is 0 Å². The molecule has 3 aromatic carbocycles. The van der Waals surface area contributed by atoms with Gasteiger partial charge in [0.2, 0.25) is 0 Å². The van der Waals surface area contributed by atoms with Gasteiger partial charge in [0.05, 0.1) is 10.6 Å². The van der Waals surface area contributed by atoms with E-state index in [1.807, 2.05) is 42.5 Å². The zero-order valence-corrected chi connectivity index (χ0v) is 21.2. The summed E-state index contributed by atoms with van der Waals surface area (Å²) in [6.07, 6.45) is 1.69. The molecule has 0 aliphatic carbocycles. The van der Waals surface area contributed by atoms with Gasteiger partial charge >= 0.3 is 0 Å². The second kappa shape index (κ2) is 9.77. The first-order valence-electron chi connectivity index (χ1n) is 9.11. The Morgan fingerprint density at radius 3 is 2.45 bits per heavy atom. The zero-order chi connectivity index (χ0) is 22.0. The molecule has 0 bridgehead atoms. The molecule has 0 saturated carbocycles. The number of imide groups is 1. The molecule has 4 rings (SSSR count). The zero-order valence-electron chi connectivity index (χ0n) is 15.8. The molecule has 1 heterocycles. The summed E-state index contributed by atoms with van der Waals surface area (Å²) in [4.78, 5) is 26.9. The van der Waals surface area contributed by atoms with Crippen LogP contribution in [-0.2, 0) is 11.4 Å². The lowest BCUT2D eigenvalue weighted by molar-refractivity contribution is -0.113. The number of thioether (sulfide) groups is 1. The third-order valence-electron chi connectivity index (χ3n) is 4.44. The predicted molar refractivity (Wildman–Crippen MR) is 138 cm³/mol. The summed E-state index contributed by atoms with van der Waals surface area (Å²) >= 11 is 12.5. The smallest absolute Gasteiger partial charge is 0.298 e. The van der Waals surface area contributed by atoms with E-state index in [9.17, 15) is 9.59 Å². The van der Waals surface area contributed by atoms with E-state index in [2.05, 4.69) is 38.5 Å². The van der Waals surface area contributed by atoms with Crippen molar-refractivity contribution in [2.24, 2.45) is 0 Å². The molecule has 0 spiro atoms. The summed E-state index contributed by atoms with van der Waals surface area (Å²) in [6.45, 7) is 0.394. The largest absolute Gasteiger partial charge is 0.488 e. The van der Waals surface area contributed by atoms with Crippen LogP contribution in [0.25, 0.3) is 6.08 Å². The topological polar surface area (TPSA) is 46.6 Å². The second-order valence-corrected chi connectivity index (χ2v) is 10.2. The van der Waals surface area contributed by atoms with Gasteiger partial charge in [-0.2, -0.15) is 0 Å². The van der Waals surface area contributed by atoms with E-state index in [1.165, 1.54) is 0 Å². The van der Waals surface area contributed by atoms with Gasteiger partial charge in [0.25, 0.3) is 11.1 Å². The van der Waals surface area contributed by atoms with Crippen molar-refractivity contribution >= 4 is 84.8 Å². The Hall–Kier alpha value is -1.81. The molecule has 1 saturated heterocycles. The van der Waals surface area contributed by atoms with Crippen molar-refractivity contribution in [3.8, 4) is 5.75 Å². The number of amides is 2. The lowest BCUT2D eigenvalue weighted by Crippen LogP contribution is -2.27. The molecule has 0 radical (unpaired) electrons. The third kappa shape index (κ3) is 5.34. The standard InChI is InChI=1S/C23H14BrClINO3S/c24-16-3-10-20(30-13-14-1-6-18(26)7-2-14)15(11-16)12-21-22(28)27(23(29)31-21)19-8-4-17(25)5-9-19/h1-12H,13H2/b21-12+. The number of hydrogen-bond donors (Lipinski definition) is 0. The van der Waals surface area contributed by atoms with Crippen LogP contribution in [0.4, 0.5) is 10.5 Å². The van der Waals surface area contributed by atoms with Crippen molar-refractivity contribution in [1.29, 1.82) is 0 Å². The highest BCUT2D eigenvalue weighted by molar-refractivity contribution is 14.1. The quantitative estimate of drug-likeness (QED) is 0.217. The summed E-state index contributed by atoms with van der Waals surface area (Å²) in [6, 6.07) is 20.2. The number of ether oxygens (including phenoxy) is 1. The van der Waals surface area contributed by atoms with Crippen LogP contribution in [-0.4, -0.2) is 11.1 Å². The minimum atomic E-state index is -0.374. The molecular weight excluding hydrogens is 613 g/mol. The van der Waals surface area contributed by atoms with Gasteiger partial charge in [0, 0.05) is 18.6 Å². The Morgan fingerprint density at radius 2 is 1.74 bits per heavy atom. The van der Waals surface area contributed by atoms with Gasteiger partial charge in [0.15, 0.2) is 0 Å². The van der Waals surface area contributed by atoms with Gasteiger partial charge < -0.3 is 4.74 Å². The van der Waals surface area contributed by atoms with Crippen molar-refractivity contribution < 1.29 is 14.3 Å². The highest BCUT2D eigenvalue weighted by Gasteiger charge is 2.36. The van der Waals surface area contributed by atoms with Crippen molar-refractivity contribution in [3.05, 3.63) is 95.8 Å². The Morgan fingerprint density at radius 1 is 1.03 bits per heavy atom. The normalized spacial score (nSPS) is 15.1. The van der Waals surface area contributed by atoms with Crippen LogP contribution in [0.5, 0.6) is 5.75 Å². The molecule has 1 aliphatic rings. The molecule has 3 aromatic rings. The van der Waals surface area contributed by atoms with E-state index in [1.54, 1.807) is 30.3 Å². The molecule has 1 aliphatic heterocycles. The van der Waals surface area contributed by atoms with E-state index in [0.29, 0.717) is 33.5 Å². The Bertz CT molecular complexity index is 1180. The van der Waals surface area contributed by atoms with Crippen LogP contribution in [0.1, 0.15) is 11.1 Å². The third-order valence-corrected chi connectivity index (χ3v) is 6.78. The monoisotopic (exact) mass is 625 g/mol. The van der Waals surface area contributed by atoms with Crippen molar-refractivity contribution in [1.82, 2.24) is 0 Å². The number of halogens is 3. The maximum atomic E-state index is 12.9. The molecular formula is C23H14BrClINO3S. The lowest BCUT2D eigenvalue weighted by atomic mass is 10.1. The Kier molecular flexibility index (Phi) is 7.05. The number of carbonyl (C=O) groups excluding carboxylic acids is 2. The molecule has 0 N–H and O–H groups in total. The van der Waals surface area contributed by atoms with Crippen molar-refractivity contribution in [2.45, 2.75) is 6.61 Å². The molecule has 1 fully saturated rings. The van der Waals surface area contributed by atoms with E-state index in [0.717, 1.165) is 30.3 Å². The second-order valence-electron chi connectivity index (χ2n) is 6.59. The SMILES string of the molecule is O=C1S/C(=C/c2cc(Br)ccc2OCc2ccc(I)cc2)C(=O)N1c1ccc(Cl)cc1. The molecule has 8 heteroatoms. The van der Waals surface area contributed by atoms with Crippen LogP contribution < -0.4 is 9.64 Å². The number of hydrogen-bond acceptors (Lipinski definition) is 4. The molecule has 0 aromatic heterocycles. The first-order chi connectivity index (χ1) is 14.9. The van der Waals surface area contributed by atoms with Crippen molar-refractivity contribution in [3.63, 3.8) is 0 Å². The number of carbonyl (C=O) groups is 2. The number of rotatable bonds is 5. The minimum absolute atomic E-state index is 0.331. The molecule has 0 unspecified atom stereocenters. The molecule has 2 amide bonds. The number of nitrogens with zero attached hydrogens (tertiary/aromatic N) is 1. The summed E-state index contributed by atoms with van der Waals surface area (Å²) in [5.41, 5.74) is 2.23. The van der Waals surface area contributed by atoms with Crippen molar-refractivity contribution in [2.75, 3.05) is 4.90 Å². The fourth-order valence-electron chi connectivity index (χ4n) is 2.93. The summed E-state index contributed by atoms with van der Waals surface area (Å²) in [7, 11) is 0. The van der Waals surface area contributed by atoms with Gasteiger partial charge in [0.1, 0.15) is 12.4 Å². The highest BCUT2D eigenvalue weighted by atomic mass is 127. The minimum Gasteiger partial charge on any atom is -0.488 e. The predicted octanol–water partition coefficient (Wildman–Crippen LogP) is 7.53. The lowest BCUT2D eigenvalue weighted by Gasteiger charge is -2.12. The summed E-state index contributed by atoms with van der Waals surface area (Å²) < 4.78 is 8.01. The summed E-state index contributed by atoms with van der Waals surface area (Å²) in [5.74, 6) is 0.251. The first-order valence-corrected chi connectivity index (χ1v) is 12.2. The van der Waals surface area contributed by atoms with Crippen LogP contribution in [0, 0.1) is 3.57 Å². The molecule has 4 nitrogen and oxygen atoms in total. The van der Waals surface area contributed by atoms with Gasteiger partial charge in [-0.1, -0.05) is 39.7 Å². The maximum absolute atomic E-state index is 12.9. The van der Waals surface area contributed by atoms with Crippen LogP contribution in [0.2, 0.25) is 5.02 Å². The van der Waals surface area contributed by atoms with E-state index in [4.69, 9.17) is 16.3 Å². The number of benzene rings is 3. The Labute approximate surface area is 210 Å². The maximum Gasteiger partial charge on any atom is 0.298 e. The molecule has 156 valence electrons.